The Labute approximate surface area is 215 Å². The van der Waals surface area contributed by atoms with Gasteiger partial charge in [0.25, 0.3) is 11.8 Å². The normalized spacial score (nSPS) is 14.8. The lowest BCUT2D eigenvalue weighted by molar-refractivity contribution is -0.122. The number of nitrogens with zero attached hydrogens (tertiary/aromatic N) is 1. The van der Waals surface area contributed by atoms with E-state index in [4.69, 9.17) is 44.9 Å². The maximum Gasteiger partial charge on any atom is 0.270 e. The first-order valence-electron chi connectivity index (χ1n) is 10.2. The second kappa shape index (κ2) is 10.4. The highest BCUT2D eigenvalue weighted by atomic mass is 35.5. The summed E-state index contributed by atoms with van der Waals surface area (Å²) in [6.07, 6.45) is 1.32. The molecule has 4 rings (SSSR count). The summed E-state index contributed by atoms with van der Waals surface area (Å²) in [7, 11) is 1.44. The van der Waals surface area contributed by atoms with Crippen molar-refractivity contribution in [1.29, 1.82) is 0 Å². The zero-order valence-corrected chi connectivity index (χ0v) is 20.5. The number of amides is 2. The second-order valence-corrected chi connectivity index (χ2v) is 8.59. The van der Waals surface area contributed by atoms with Crippen LogP contribution < -0.4 is 19.7 Å². The van der Waals surface area contributed by atoms with Gasteiger partial charge in [-0.05, 0) is 65.8 Å². The van der Waals surface area contributed by atoms with Crippen LogP contribution in [0.4, 0.5) is 10.1 Å². The number of para-hydroxylation sites is 1. The number of methoxy groups -OCH3 is 1. The largest absolute Gasteiger partial charge is 0.493 e. The number of carbonyl (C=O) groups is 2. The first-order valence-corrected chi connectivity index (χ1v) is 11.4. The number of thiocarbonyl (C=S) groups is 1. The van der Waals surface area contributed by atoms with Crippen LogP contribution in [0.3, 0.4) is 0 Å². The van der Waals surface area contributed by atoms with Crippen molar-refractivity contribution in [2.24, 2.45) is 0 Å². The third-order valence-electron chi connectivity index (χ3n) is 5.05. The van der Waals surface area contributed by atoms with Crippen molar-refractivity contribution >= 4 is 64.1 Å². The van der Waals surface area contributed by atoms with E-state index in [1.165, 1.54) is 37.5 Å². The molecule has 1 fully saturated rings. The Morgan fingerprint density at radius 2 is 1.80 bits per heavy atom. The first-order chi connectivity index (χ1) is 16.8. The van der Waals surface area contributed by atoms with Gasteiger partial charge in [0, 0.05) is 5.02 Å². The molecule has 178 valence electrons. The number of hydrogen-bond donors (Lipinski definition) is 1. The van der Waals surface area contributed by atoms with Crippen molar-refractivity contribution in [1.82, 2.24) is 5.32 Å². The summed E-state index contributed by atoms with van der Waals surface area (Å²) in [4.78, 5) is 26.6. The van der Waals surface area contributed by atoms with Crippen LogP contribution >= 0.6 is 35.4 Å². The van der Waals surface area contributed by atoms with Crippen LogP contribution in [-0.2, 0) is 16.2 Å². The first kappa shape index (κ1) is 24.7. The zero-order valence-electron chi connectivity index (χ0n) is 18.2. The van der Waals surface area contributed by atoms with Crippen LogP contribution in [0.25, 0.3) is 6.08 Å². The quantitative estimate of drug-likeness (QED) is 0.257. The predicted octanol–water partition coefficient (Wildman–Crippen LogP) is 5.55. The monoisotopic (exact) mass is 530 g/mol. The SMILES string of the molecule is COc1cc(/C=C2\C(=O)NC(=S)N(c3ccccc3F)C2=O)cc(Cl)c1OCc1ccc(Cl)cc1. The van der Waals surface area contributed by atoms with Crippen molar-refractivity contribution in [3.8, 4) is 11.5 Å². The van der Waals surface area contributed by atoms with Crippen LogP contribution in [0.1, 0.15) is 11.1 Å². The fraction of sp³-hybridized carbons (Fsp3) is 0.0800. The van der Waals surface area contributed by atoms with Crippen molar-refractivity contribution in [3.05, 3.63) is 93.2 Å². The molecule has 2 amide bonds. The fourth-order valence-corrected chi connectivity index (χ4v) is 4.05. The minimum atomic E-state index is -0.776. The van der Waals surface area contributed by atoms with E-state index in [1.807, 2.05) is 12.1 Å². The van der Waals surface area contributed by atoms with Gasteiger partial charge in [0.1, 0.15) is 18.0 Å². The topological polar surface area (TPSA) is 67.9 Å². The van der Waals surface area contributed by atoms with Crippen LogP contribution in [0.15, 0.2) is 66.2 Å². The molecular weight excluding hydrogens is 514 g/mol. The molecule has 0 spiro atoms. The Morgan fingerprint density at radius 1 is 1.09 bits per heavy atom. The molecule has 3 aromatic rings. The van der Waals surface area contributed by atoms with E-state index < -0.39 is 17.6 Å². The molecule has 1 N–H and O–H groups in total. The van der Waals surface area contributed by atoms with Gasteiger partial charge >= 0.3 is 0 Å². The third kappa shape index (κ3) is 5.30. The number of ether oxygens (including phenoxy) is 2. The molecule has 0 unspecified atom stereocenters. The van der Waals surface area contributed by atoms with Gasteiger partial charge in [0.05, 0.1) is 17.8 Å². The van der Waals surface area contributed by atoms with E-state index in [-0.39, 0.29) is 28.0 Å². The van der Waals surface area contributed by atoms with E-state index in [0.717, 1.165) is 10.5 Å². The van der Waals surface area contributed by atoms with E-state index in [0.29, 0.717) is 22.1 Å². The molecule has 1 heterocycles. The van der Waals surface area contributed by atoms with Crippen LogP contribution in [0, 0.1) is 5.82 Å². The summed E-state index contributed by atoms with van der Waals surface area (Å²) >= 11 is 17.5. The van der Waals surface area contributed by atoms with Gasteiger partial charge in [0.2, 0.25) is 0 Å². The minimum absolute atomic E-state index is 0.0741. The van der Waals surface area contributed by atoms with Gasteiger partial charge in [-0.25, -0.2) is 9.29 Å². The summed E-state index contributed by atoms with van der Waals surface area (Å²) < 4.78 is 25.6. The van der Waals surface area contributed by atoms with Gasteiger partial charge in [-0.1, -0.05) is 47.5 Å². The molecular formula is C25H17Cl2FN2O4S. The van der Waals surface area contributed by atoms with Crippen molar-refractivity contribution in [3.63, 3.8) is 0 Å². The van der Waals surface area contributed by atoms with Crippen molar-refractivity contribution in [2.75, 3.05) is 12.0 Å². The van der Waals surface area contributed by atoms with Crippen LogP contribution in [0.2, 0.25) is 10.0 Å². The number of halogens is 3. The highest BCUT2D eigenvalue weighted by Gasteiger charge is 2.35. The molecule has 10 heteroatoms. The summed E-state index contributed by atoms with van der Waals surface area (Å²) in [6, 6.07) is 15.8. The molecule has 3 aromatic carbocycles. The molecule has 0 atom stereocenters. The number of hydrogen-bond acceptors (Lipinski definition) is 5. The predicted molar refractivity (Wildman–Crippen MR) is 136 cm³/mol. The van der Waals surface area contributed by atoms with Gasteiger partial charge in [-0.2, -0.15) is 0 Å². The maximum atomic E-state index is 14.3. The molecule has 0 bridgehead atoms. The van der Waals surface area contributed by atoms with Crippen LogP contribution in [0.5, 0.6) is 11.5 Å². The number of carbonyl (C=O) groups excluding carboxylic acids is 2. The number of benzene rings is 3. The smallest absolute Gasteiger partial charge is 0.270 e. The van der Waals surface area contributed by atoms with Crippen molar-refractivity contribution < 1.29 is 23.5 Å². The summed E-state index contributed by atoms with van der Waals surface area (Å²) in [5.41, 5.74) is 0.933. The van der Waals surface area contributed by atoms with Gasteiger partial charge < -0.3 is 9.47 Å². The summed E-state index contributed by atoms with van der Waals surface area (Å²) in [6.45, 7) is 0.212. The Hall–Kier alpha value is -3.46. The zero-order chi connectivity index (χ0) is 25.1. The van der Waals surface area contributed by atoms with E-state index >= 15 is 0 Å². The second-order valence-electron chi connectivity index (χ2n) is 7.36. The number of nitrogens with one attached hydrogen (secondary N) is 1. The fourth-order valence-electron chi connectivity index (χ4n) is 3.38. The lowest BCUT2D eigenvalue weighted by Gasteiger charge is -2.29. The highest BCUT2D eigenvalue weighted by molar-refractivity contribution is 7.80. The van der Waals surface area contributed by atoms with E-state index in [9.17, 15) is 14.0 Å². The molecule has 1 saturated heterocycles. The highest BCUT2D eigenvalue weighted by Crippen LogP contribution is 2.38. The van der Waals surface area contributed by atoms with Gasteiger partial charge in [0.15, 0.2) is 16.6 Å². The van der Waals surface area contributed by atoms with Crippen LogP contribution in [-0.4, -0.2) is 24.0 Å². The van der Waals surface area contributed by atoms with Gasteiger partial charge in [-0.3, -0.25) is 14.9 Å². The van der Waals surface area contributed by atoms with Gasteiger partial charge in [-0.15, -0.1) is 0 Å². The molecule has 1 aliphatic rings. The Balaban J connectivity index is 1.64. The van der Waals surface area contributed by atoms with Crippen molar-refractivity contribution in [2.45, 2.75) is 6.61 Å². The van der Waals surface area contributed by atoms with E-state index in [1.54, 1.807) is 24.3 Å². The molecule has 6 nitrogen and oxygen atoms in total. The Morgan fingerprint density at radius 3 is 2.49 bits per heavy atom. The molecule has 35 heavy (non-hydrogen) atoms. The third-order valence-corrected chi connectivity index (χ3v) is 5.87. The molecule has 0 aromatic heterocycles. The number of rotatable bonds is 6. The molecule has 0 aliphatic carbocycles. The summed E-state index contributed by atoms with van der Waals surface area (Å²) in [5.74, 6) is -1.57. The molecule has 1 aliphatic heterocycles. The average Bonchev–Trinajstić information content (AvgIpc) is 2.83. The standard InChI is InChI=1S/C25H17Cl2FN2O4S/c1-33-21-12-15(11-18(27)22(21)34-13-14-6-8-16(26)9-7-14)10-17-23(31)29-25(35)30(24(17)32)20-5-3-2-4-19(20)28/h2-12H,13H2,1H3,(H,29,31,35)/b17-10+. The maximum absolute atomic E-state index is 14.3. The lowest BCUT2D eigenvalue weighted by Crippen LogP contribution is -2.54. The number of anilines is 1. The van der Waals surface area contributed by atoms with E-state index in [2.05, 4.69) is 5.32 Å². The Kier molecular flexibility index (Phi) is 7.35. The minimum Gasteiger partial charge on any atom is -0.493 e. The molecule has 0 saturated carbocycles. The Bertz CT molecular complexity index is 1360. The molecule has 0 radical (unpaired) electrons. The summed E-state index contributed by atoms with van der Waals surface area (Å²) in [5, 5.41) is 3.01. The lowest BCUT2D eigenvalue weighted by atomic mass is 10.1. The average molecular weight is 531 g/mol.